The van der Waals surface area contributed by atoms with Gasteiger partial charge in [-0.1, -0.05) is 18.2 Å². The molecule has 25 heavy (non-hydrogen) atoms. The lowest BCUT2D eigenvalue weighted by Crippen LogP contribution is -2.12. The number of hydrogen-bond acceptors (Lipinski definition) is 4. The molecule has 0 fully saturated rings. The molecule has 1 amide bonds. The molecule has 0 saturated heterocycles. The van der Waals surface area contributed by atoms with Crippen molar-refractivity contribution in [2.45, 2.75) is 27.3 Å². The summed E-state index contributed by atoms with van der Waals surface area (Å²) in [6, 6.07) is 9.62. The minimum absolute atomic E-state index is 0.0124. The predicted molar refractivity (Wildman–Crippen MR) is 95.1 cm³/mol. The molecule has 0 unspecified atom stereocenters. The van der Waals surface area contributed by atoms with Crippen molar-refractivity contribution in [2.24, 2.45) is 0 Å². The standard InChI is InChI=1S/C20H21NO4/c1-4-24-18-12(2)5-7-16(19(18)25-11-13(3)22)14-6-8-17-15(9-14)10-21-20(17)23/h5-9H,4,10-11H2,1-3H3,(H,21,23). The van der Waals surface area contributed by atoms with Gasteiger partial charge in [0, 0.05) is 17.7 Å². The van der Waals surface area contributed by atoms with Crippen molar-refractivity contribution in [3.8, 4) is 22.6 Å². The molecule has 5 nitrogen and oxygen atoms in total. The second kappa shape index (κ2) is 6.97. The van der Waals surface area contributed by atoms with E-state index in [9.17, 15) is 9.59 Å². The minimum atomic E-state index is -0.0568. The van der Waals surface area contributed by atoms with Crippen LogP contribution < -0.4 is 14.8 Å². The van der Waals surface area contributed by atoms with Crippen molar-refractivity contribution in [2.75, 3.05) is 13.2 Å². The van der Waals surface area contributed by atoms with Gasteiger partial charge in [-0.15, -0.1) is 0 Å². The molecule has 0 aromatic heterocycles. The first-order valence-electron chi connectivity index (χ1n) is 8.31. The molecule has 0 spiro atoms. The van der Waals surface area contributed by atoms with Crippen LogP contribution in [0.2, 0.25) is 0 Å². The number of nitrogens with one attached hydrogen (secondary N) is 1. The van der Waals surface area contributed by atoms with Gasteiger partial charge in [0.1, 0.15) is 6.61 Å². The Balaban J connectivity index is 2.10. The van der Waals surface area contributed by atoms with E-state index in [0.717, 1.165) is 22.3 Å². The fourth-order valence-electron chi connectivity index (χ4n) is 2.93. The number of hydrogen-bond donors (Lipinski definition) is 1. The summed E-state index contributed by atoms with van der Waals surface area (Å²) in [6.45, 7) is 6.36. The molecular formula is C20H21NO4. The smallest absolute Gasteiger partial charge is 0.251 e. The van der Waals surface area contributed by atoms with Crippen LogP contribution in [0.3, 0.4) is 0 Å². The highest BCUT2D eigenvalue weighted by Crippen LogP contribution is 2.41. The summed E-state index contributed by atoms with van der Waals surface area (Å²) in [5.74, 6) is 1.11. The number of amides is 1. The Labute approximate surface area is 147 Å². The predicted octanol–water partition coefficient (Wildman–Crippen LogP) is 3.27. The molecule has 1 aliphatic rings. The second-order valence-electron chi connectivity index (χ2n) is 6.07. The van der Waals surface area contributed by atoms with Crippen molar-refractivity contribution in [1.29, 1.82) is 0 Å². The molecule has 2 aromatic carbocycles. The summed E-state index contributed by atoms with van der Waals surface area (Å²) < 4.78 is 11.6. The van der Waals surface area contributed by atoms with Crippen LogP contribution in [0.5, 0.6) is 11.5 Å². The zero-order chi connectivity index (χ0) is 18.0. The maximum Gasteiger partial charge on any atom is 0.251 e. The molecule has 1 aliphatic heterocycles. The van der Waals surface area contributed by atoms with Crippen LogP contribution in [0.25, 0.3) is 11.1 Å². The number of rotatable bonds is 6. The molecule has 3 rings (SSSR count). The van der Waals surface area contributed by atoms with Crippen molar-refractivity contribution >= 4 is 11.7 Å². The second-order valence-corrected chi connectivity index (χ2v) is 6.07. The van der Waals surface area contributed by atoms with E-state index in [2.05, 4.69) is 5.32 Å². The molecule has 1 heterocycles. The molecule has 0 radical (unpaired) electrons. The first kappa shape index (κ1) is 17.0. The van der Waals surface area contributed by atoms with Gasteiger partial charge < -0.3 is 14.8 Å². The van der Waals surface area contributed by atoms with Gasteiger partial charge in [-0.2, -0.15) is 0 Å². The highest BCUT2D eigenvalue weighted by molar-refractivity contribution is 5.99. The number of ketones is 1. The minimum Gasteiger partial charge on any atom is -0.490 e. The summed E-state index contributed by atoms with van der Waals surface area (Å²) in [6.07, 6.45) is 0. The molecule has 0 saturated carbocycles. The van der Waals surface area contributed by atoms with Crippen LogP contribution >= 0.6 is 0 Å². The van der Waals surface area contributed by atoms with Crippen molar-refractivity contribution in [3.05, 3.63) is 47.0 Å². The van der Waals surface area contributed by atoms with Crippen LogP contribution in [-0.4, -0.2) is 24.9 Å². The molecular weight excluding hydrogens is 318 g/mol. The van der Waals surface area contributed by atoms with Gasteiger partial charge in [0.05, 0.1) is 6.61 Å². The highest BCUT2D eigenvalue weighted by atomic mass is 16.5. The average molecular weight is 339 g/mol. The Hall–Kier alpha value is -2.82. The normalized spacial score (nSPS) is 12.5. The number of Topliss-reactive ketones (excluding diaryl/α,β-unsaturated/α-hetero) is 1. The maximum absolute atomic E-state index is 11.7. The highest BCUT2D eigenvalue weighted by Gasteiger charge is 2.21. The van der Waals surface area contributed by atoms with Crippen LogP contribution in [-0.2, 0) is 11.3 Å². The monoisotopic (exact) mass is 339 g/mol. The van der Waals surface area contributed by atoms with Crippen molar-refractivity contribution in [1.82, 2.24) is 5.32 Å². The number of carbonyl (C=O) groups is 2. The zero-order valence-electron chi connectivity index (χ0n) is 14.6. The Bertz CT molecular complexity index is 842. The molecule has 0 aliphatic carbocycles. The molecule has 0 atom stereocenters. The Kier molecular flexibility index (Phi) is 4.74. The SMILES string of the molecule is CCOc1c(C)ccc(-c2ccc3c(c2)CNC3=O)c1OCC(C)=O. The fourth-order valence-corrected chi connectivity index (χ4v) is 2.93. The van der Waals surface area contributed by atoms with E-state index in [1.165, 1.54) is 6.92 Å². The Morgan fingerprint density at radius 2 is 1.88 bits per heavy atom. The lowest BCUT2D eigenvalue weighted by molar-refractivity contribution is -0.118. The first-order valence-corrected chi connectivity index (χ1v) is 8.31. The van der Waals surface area contributed by atoms with Crippen LogP contribution in [0.1, 0.15) is 35.3 Å². The number of carbonyl (C=O) groups excluding carboxylic acids is 2. The van der Waals surface area contributed by atoms with Crippen LogP contribution in [0.4, 0.5) is 0 Å². The average Bonchev–Trinajstić information content (AvgIpc) is 2.96. The third kappa shape index (κ3) is 3.36. The molecule has 130 valence electrons. The van der Waals surface area contributed by atoms with Gasteiger partial charge in [0.15, 0.2) is 17.3 Å². The largest absolute Gasteiger partial charge is 0.490 e. The van der Waals surface area contributed by atoms with E-state index < -0.39 is 0 Å². The first-order chi connectivity index (χ1) is 12.0. The summed E-state index contributed by atoms with van der Waals surface area (Å²) in [5, 5.41) is 2.82. The van der Waals surface area contributed by atoms with Crippen molar-refractivity contribution < 1.29 is 19.1 Å². The summed E-state index contributed by atoms with van der Waals surface area (Å²) in [5.41, 5.74) is 4.38. The Morgan fingerprint density at radius 1 is 1.12 bits per heavy atom. The van der Waals surface area contributed by atoms with Gasteiger partial charge in [-0.25, -0.2) is 0 Å². The van der Waals surface area contributed by atoms with E-state index in [1.54, 1.807) is 0 Å². The Morgan fingerprint density at radius 3 is 2.60 bits per heavy atom. The number of fused-ring (bicyclic) bond motifs is 1. The molecule has 5 heteroatoms. The summed E-state index contributed by atoms with van der Waals surface area (Å²) >= 11 is 0. The van der Waals surface area contributed by atoms with Crippen LogP contribution in [0.15, 0.2) is 30.3 Å². The van der Waals surface area contributed by atoms with Crippen LogP contribution in [0, 0.1) is 6.92 Å². The quantitative estimate of drug-likeness (QED) is 0.877. The fraction of sp³-hybridized carbons (Fsp3) is 0.300. The third-order valence-corrected chi connectivity index (χ3v) is 4.12. The molecule has 1 N–H and O–H groups in total. The topological polar surface area (TPSA) is 64.6 Å². The lowest BCUT2D eigenvalue weighted by Gasteiger charge is -2.18. The zero-order valence-corrected chi connectivity index (χ0v) is 14.6. The van der Waals surface area contributed by atoms with E-state index in [4.69, 9.17) is 9.47 Å². The lowest BCUT2D eigenvalue weighted by atomic mass is 9.98. The third-order valence-electron chi connectivity index (χ3n) is 4.12. The van der Waals surface area contributed by atoms with E-state index >= 15 is 0 Å². The van der Waals surface area contributed by atoms with Gasteiger partial charge in [-0.3, -0.25) is 9.59 Å². The van der Waals surface area contributed by atoms with Crippen molar-refractivity contribution in [3.63, 3.8) is 0 Å². The summed E-state index contributed by atoms with van der Waals surface area (Å²) in [7, 11) is 0. The van der Waals surface area contributed by atoms with Gasteiger partial charge in [-0.05, 0) is 49.6 Å². The van der Waals surface area contributed by atoms with Gasteiger partial charge in [0.25, 0.3) is 5.91 Å². The maximum atomic E-state index is 11.7. The number of ether oxygens (including phenoxy) is 2. The van der Waals surface area contributed by atoms with Gasteiger partial charge in [0.2, 0.25) is 0 Å². The van der Waals surface area contributed by atoms with Gasteiger partial charge >= 0.3 is 0 Å². The molecule has 2 aromatic rings. The summed E-state index contributed by atoms with van der Waals surface area (Å²) in [4.78, 5) is 23.1. The van der Waals surface area contributed by atoms with E-state index in [1.807, 2.05) is 44.2 Å². The van der Waals surface area contributed by atoms with E-state index in [-0.39, 0.29) is 18.3 Å². The molecule has 0 bridgehead atoms. The number of aryl methyl sites for hydroxylation is 1. The number of benzene rings is 2. The van der Waals surface area contributed by atoms with E-state index in [0.29, 0.717) is 30.2 Å².